The Labute approximate surface area is 83.0 Å². The van der Waals surface area contributed by atoms with Crippen LogP contribution in [0.3, 0.4) is 0 Å². The van der Waals surface area contributed by atoms with Gasteiger partial charge in [-0.2, -0.15) is 0 Å². The molecule has 0 aromatic rings. The second-order valence-electron chi connectivity index (χ2n) is 3.19. The van der Waals surface area contributed by atoms with Gasteiger partial charge in [-0.1, -0.05) is 50.1 Å². The second-order valence-corrected chi connectivity index (χ2v) is 3.19. The summed E-state index contributed by atoms with van der Waals surface area (Å²) < 4.78 is 0. The molecule has 0 heteroatoms. The molecule has 0 nitrogen and oxygen atoms in total. The molecule has 0 bridgehead atoms. The molecule has 0 amide bonds. The second kappa shape index (κ2) is 11.2. The average Bonchev–Trinajstić information content (AvgIpc) is 2.16. The van der Waals surface area contributed by atoms with Crippen molar-refractivity contribution in [2.24, 2.45) is 0 Å². The van der Waals surface area contributed by atoms with E-state index in [2.05, 4.69) is 37.8 Å². The monoisotopic (exact) mass is 178 g/mol. The van der Waals surface area contributed by atoms with Crippen molar-refractivity contribution >= 4 is 0 Å². The minimum absolute atomic E-state index is 1.08. The Morgan fingerprint density at radius 1 is 0.923 bits per heavy atom. The molecule has 0 rings (SSSR count). The quantitative estimate of drug-likeness (QED) is 0.375. The van der Waals surface area contributed by atoms with Gasteiger partial charge in [-0.15, -0.1) is 6.58 Å². The summed E-state index contributed by atoms with van der Waals surface area (Å²) in [7, 11) is 0. The van der Waals surface area contributed by atoms with Crippen LogP contribution in [0.5, 0.6) is 0 Å². The van der Waals surface area contributed by atoms with Gasteiger partial charge >= 0.3 is 0 Å². The Balaban J connectivity index is 3.17. The number of hydrogen-bond acceptors (Lipinski definition) is 0. The number of hydrogen-bond donors (Lipinski definition) is 0. The predicted molar refractivity (Wildman–Crippen MR) is 61.9 cm³/mol. The first-order valence-electron chi connectivity index (χ1n) is 5.32. The lowest BCUT2D eigenvalue weighted by Crippen LogP contribution is -1.67. The highest BCUT2D eigenvalue weighted by atomic mass is 13.8. The van der Waals surface area contributed by atoms with Gasteiger partial charge in [0.25, 0.3) is 0 Å². The third kappa shape index (κ3) is 11.2. The maximum absolute atomic E-state index is 3.68. The van der Waals surface area contributed by atoms with Gasteiger partial charge in [0.15, 0.2) is 0 Å². The van der Waals surface area contributed by atoms with Crippen LogP contribution in [0, 0.1) is 0 Å². The lowest BCUT2D eigenvalue weighted by molar-refractivity contribution is 0.813. The summed E-state index contributed by atoms with van der Waals surface area (Å²) in [6.07, 6.45) is 18.1. The molecule has 0 aliphatic carbocycles. The van der Waals surface area contributed by atoms with Crippen LogP contribution in [-0.4, -0.2) is 0 Å². The van der Waals surface area contributed by atoms with Crippen LogP contribution >= 0.6 is 0 Å². The maximum Gasteiger partial charge on any atom is -0.0169 e. The average molecular weight is 178 g/mol. The molecule has 0 saturated carbocycles. The number of rotatable bonds is 8. The van der Waals surface area contributed by atoms with E-state index in [4.69, 9.17) is 0 Å². The van der Waals surface area contributed by atoms with Crippen LogP contribution in [0.4, 0.5) is 0 Å². The zero-order valence-corrected chi connectivity index (χ0v) is 8.84. The van der Waals surface area contributed by atoms with Gasteiger partial charge in [0.2, 0.25) is 0 Å². The van der Waals surface area contributed by atoms with Crippen molar-refractivity contribution in [1.82, 2.24) is 0 Å². The molecule has 0 unspecified atom stereocenters. The van der Waals surface area contributed by atoms with Gasteiger partial charge in [0, 0.05) is 0 Å². The Bertz CT molecular complexity index is 151. The van der Waals surface area contributed by atoms with Crippen molar-refractivity contribution in [3.63, 3.8) is 0 Å². The third-order valence-electron chi connectivity index (χ3n) is 1.87. The fourth-order valence-electron chi connectivity index (χ4n) is 1.04. The first-order chi connectivity index (χ1) is 6.41. The largest absolute Gasteiger partial charge is 0.103 e. The molecule has 0 aliphatic rings. The molecule has 0 spiro atoms. The highest BCUT2D eigenvalue weighted by molar-refractivity contribution is 4.93. The molecular weight excluding hydrogens is 156 g/mol. The van der Waals surface area contributed by atoms with E-state index in [1.807, 2.05) is 6.08 Å². The standard InChI is InChI=1S/C13H22/c1-3-5-7-9-11-13-12-10-8-6-4-2/h3,9-12H,1,4-8,13H2,2H3. The zero-order chi connectivity index (χ0) is 9.78. The SMILES string of the molecule is C=CCCC=CCC=CCCCC. The van der Waals surface area contributed by atoms with Crippen molar-refractivity contribution in [2.45, 2.75) is 45.4 Å². The Morgan fingerprint density at radius 2 is 1.62 bits per heavy atom. The van der Waals surface area contributed by atoms with E-state index >= 15 is 0 Å². The summed E-state index contributed by atoms with van der Waals surface area (Å²) in [6.45, 7) is 5.91. The van der Waals surface area contributed by atoms with Gasteiger partial charge in [0.05, 0.1) is 0 Å². The molecule has 0 atom stereocenters. The van der Waals surface area contributed by atoms with E-state index in [1.165, 1.54) is 19.3 Å². The maximum atomic E-state index is 3.68. The summed E-state index contributed by atoms with van der Waals surface area (Å²) >= 11 is 0. The summed E-state index contributed by atoms with van der Waals surface area (Å²) in [5.41, 5.74) is 0. The molecule has 0 aromatic heterocycles. The first kappa shape index (κ1) is 12.2. The molecule has 0 aliphatic heterocycles. The van der Waals surface area contributed by atoms with Crippen molar-refractivity contribution in [3.05, 3.63) is 37.0 Å². The van der Waals surface area contributed by atoms with E-state index in [9.17, 15) is 0 Å². The molecule has 0 N–H and O–H groups in total. The third-order valence-corrected chi connectivity index (χ3v) is 1.87. The van der Waals surface area contributed by atoms with Gasteiger partial charge in [-0.3, -0.25) is 0 Å². The fourth-order valence-corrected chi connectivity index (χ4v) is 1.04. The van der Waals surface area contributed by atoms with Crippen LogP contribution < -0.4 is 0 Å². The number of allylic oxidation sites excluding steroid dienone is 5. The lowest BCUT2D eigenvalue weighted by atomic mass is 10.2. The van der Waals surface area contributed by atoms with E-state index in [0.29, 0.717) is 0 Å². The number of unbranched alkanes of at least 4 members (excludes halogenated alkanes) is 3. The fraction of sp³-hybridized carbons (Fsp3) is 0.538. The molecule has 0 fully saturated rings. The first-order valence-corrected chi connectivity index (χ1v) is 5.32. The van der Waals surface area contributed by atoms with Crippen LogP contribution in [0.1, 0.15) is 45.4 Å². The normalized spacial score (nSPS) is 11.5. The van der Waals surface area contributed by atoms with Crippen molar-refractivity contribution in [1.29, 1.82) is 0 Å². The highest BCUT2D eigenvalue weighted by Crippen LogP contribution is 1.97. The summed E-state index contributed by atoms with van der Waals surface area (Å²) in [4.78, 5) is 0. The van der Waals surface area contributed by atoms with E-state index < -0.39 is 0 Å². The highest BCUT2D eigenvalue weighted by Gasteiger charge is 1.77. The van der Waals surface area contributed by atoms with Crippen LogP contribution in [0.15, 0.2) is 37.0 Å². The molecule has 74 valence electrons. The van der Waals surface area contributed by atoms with E-state index in [-0.39, 0.29) is 0 Å². The molecule has 0 saturated heterocycles. The predicted octanol–water partition coefficient (Wildman–Crippen LogP) is 4.65. The Morgan fingerprint density at radius 3 is 2.23 bits per heavy atom. The van der Waals surface area contributed by atoms with Gasteiger partial charge in [0.1, 0.15) is 0 Å². The van der Waals surface area contributed by atoms with Crippen LogP contribution in [-0.2, 0) is 0 Å². The molecule has 0 radical (unpaired) electrons. The topological polar surface area (TPSA) is 0 Å². The summed E-state index contributed by atoms with van der Waals surface area (Å²) in [6, 6.07) is 0. The van der Waals surface area contributed by atoms with Gasteiger partial charge in [-0.25, -0.2) is 0 Å². The smallest absolute Gasteiger partial charge is 0.0169 e. The van der Waals surface area contributed by atoms with Crippen molar-refractivity contribution in [3.8, 4) is 0 Å². The molecule has 0 heterocycles. The Kier molecular flexibility index (Phi) is 10.5. The van der Waals surface area contributed by atoms with Gasteiger partial charge in [-0.05, 0) is 25.7 Å². The van der Waals surface area contributed by atoms with Crippen molar-refractivity contribution < 1.29 is 0 Å². The minimum Gasteiger partial charge on any atom is -0.103 e. The molecule has 0 aromatic carbocycles. The summed E-state index contributed by atoms with van der Waals surface area (Å²) in [5.74, 6) is 0. The Hall–Kier alpha value is -0.780. The van der Waals surface area contributed by atoms with Gasteiger partial charge < -0.3 is 0 Å². The van der Waals surface area contributed by atoms with E-state index in [1.54, 1.807) is 0 Å². The minimum atomic E-state index is 1.08. The van der Waals surface area contributed by atoms with Crippen molar-refractivity contribution in [2.75, 3.05) is 0 Å². The lowest BCUT2D eigenvalue weighted by Gasteiger charge is -1.87. The summed E-state index contributed by atoms with van der Waals surface area (Å²) in [5, 5.41) is 0. The molecular formula is C13H22. The zero-order valence-electron chi connectivity index (χ0n) is 8.84. The van der Waals surface area contributed by atoms with Crippen LogP contribution in [0.25, 0.3) is 0 Å². The molecule has 13 heavy (non-hydrogen) atoms. The van der Waals surface area contributed by atoms with Crippen LogP contribution in [0.2, 0.25) is 0 Å². The van der Waals surface area contributed by atoms with E-state index in [0.717, 1.165) is 19.3 Å².